The number of anilines is 1. The van der Waals surface area contributed by atoms with E-state index in [-0.39, 0.29) is 11.8 Å². The zero-order valence-corrected chi connectivity index (χ0v) is 11.9. The van der Waals surface area contributed by atoms with E-state index in [0.717, 1.165) is 37.2 Å². The van der Waals surface area contributed by atoms with Crippen LogP contribution >= 0.6 is 0 Å². The molecular formula is C14H22N4O. The summed E-state index contributed by atoms with van der Waals surface area (Å²) >= 11 is 0. The summed E-state index contributed by atoms with van der Waals surface area (Å²) in [5, 5.41) is 3.38. The molecule has 1 fully saturated rings. The molecule has 1 aromatic rings. The van der Waals surface area contributed by atoms with Gasteiger partial charge in [0.05, 0.1) is 0 Å². The molecule has 0 aliphatic heterocycles. The Bertz CT molecular complexity index is 441. The van der Waals surface area contributed by atoms with Crippen LogP contribution < -0.4 is 5.32 Å². The first-order chi connectivity index (χ1) is 9.10. The minimum atomic E-state index is 0.171. The van der Waals surface area contributed by atoms with Crippen LogP contribution in [0.5, 0.6) is 0 Å². The van der Waals surface area contributed by atoms with Crippen LogP contribution in [0, 0.1) is 5.92 Å². The fourth-order valence-electron chi connectivity index (χ4n) is 2.38. The smallest absolute Gasteiger partial charge is 0.225 e. The number of hydrogen-bond donors (Lipinski definition) is 1. The van der Waals surface area contributed by atoms with Gasteiger partial charge in [-0.2, -0.15) is 0 Å². The number of nitrogens with zero attached hydrogens (tertiary/aromatic N) is 3. The third kappa shape index (κ3) is 3.43. The van der Waals surface area contributed by atoms with Crippen LogP contribution in [0.3, 0.4) is 0 Å². The van der Waals surface area contributed by atoms with E-state index >= 15 is 0 Å². The lowest BCUT2D eigenvalue weighted by molar-refractivity contribution is -0.135. The molecule has 1 aliphatic rings. The summed E-state index contributed by atoms with van der Waals surface area (Å²) in [4.78, 5) is 21.9. The summed E-state index contributed by atoms with van der Waals surface area (Å²) in [6.45, 7) is 2.14. The quantitative estimate of drug-likeness (QED) is 0.877. The average Bonchev–Trinajstić information content (AvgIpc) is 2.33. The van der Waals surface area contributed by atoms with Gasteiger partial charge in [-0.25, -0.2) is 9.97 Å². The van der Waals surface area contributed by atoms with Crippen molar-refractivity contribution in [2.75, 3.05) is 19.4 Å². The van der Waals surface area contributed by atoms with Crippen molar-refractivity contribution in [3.63, 3.8) is 0 Å². The molecule has 19 heavy (non-hydrogen) atoms. The van der Waals surface area contributed by atoms with Crippen molar-refractivity contribution in [1.29, 1.82) is 0 Å². The minimum Gasteiger partial charge on any atom is -0.367 e. The van der Waals surface area contributed by atoms with Gasteiger partial charge in [-0.05, 0) is 19.3 Å². The van der Waals surface area contributed by atoms with Crippen LogP contribution in [-0.4, -0.2) is 40.9 Å². The molecule has 5 heteroatoms. The first-order valence-electron chi connectivity index (χ1n) is 6.88. The van der Waals surface area contributed by atoms with Crippen LogP contribution in [0.1, 0.15) is 31.9 Å². The summed E-state index contributed by atoms with van der Waals surface area (Å²) in [7, 11) is 3.62. The lowest BCUT2D eigenvalue weighted by atomic mass is 9.79. The van der Waals surface area contributed by atoms with Crippen molar-refractivity contribution in [1.82, 2.24) is 14.9 Å². The molecule has 104 valence electrons. The predicted molar refractivity (Wildman–Crippen MR) is 74.9 cm³/mol. The van der Waals surface area contributed by atoms with E-state index in [1.165, 1.54) is 0 Å². The van der Waals surface area contributed by atoms with Crippen molar-refractivity contribution < 1.29 is 4.79 Å². The Morgan fingerprint density at radius 2 is 2.16 bits per heavy atom. The number of aryl methyl sites for hydroxylation is 1. The summed E-state index contributed by atoms with van der Waals surface area (Å²) in [5.74, 6) is 1.27. The van der Waals surface area contributed by atoms with E-state index in [0.29, 0.717) is 6.04 Å². The highest BCUT2D eigenvalue weighted by molar-refractivity contribution is 5.79. The summed E-state index contributed by atoms with van der Waals surface area (Å²) in [6, 6.07) is 2.36. The van der Waals surface area contributed by atoms with Crippen LogP contribution in [-0.2, 0) is 11.2 Å². The molecule has 0 radical (unpaired) electrons. The van der Waals surface area contributed by atoms with E-state index < -0.39 is 0 Å². The van der Waals surface area contributed by atoms with Crippen LogP contribution in [0.25, 0.3) is 0 Å². The van der Waals surface area contributed by atoms with Crippen molar-refractivity contribution in [3.05, 3.63) is 18.1 Å². The maximum atomic E-state index is 11.7. The fraction of sp³-hybridized carbons (Fsp3) is 0.643. The van der Waals surface area contributed by atoms with Gasteiger partial charge in [-0.15, -0.1) is 0 Å². The Hall–Kier alpha value is -1.65. The van der Waals surface area contributed by atoms with Crippen molar-refractivity contribution >= 4 is 11.7 Å². The van der Waals surface area contributed by atoms with E-state index in [9.17, 15) is 4.79 Å². The molecule has 1 saturated carbocycles. The Morgan fingerprint density at radius 1 is 1.42 bits per heavy atom. The number of aromatic nitrogens is 2. The van der Waals surface area contributed by atoms with Gasteiger partial charge in [0.25, 0.3) is 0 Å². The van der Waals surface area contributed by atoms with Gasteiger partial charge >= 0.3 is 0 Å². The Labute approximate surface area is 114 Å². The molecule has 1 amide bonds. The highest BCUT2D eigenvalue weighted by Crippen LogP contribution is 2.30. The molecule has 5 nitrogen and oxygen atoms in total. The Kier molecular flexibility index (Phi) is 4.35. The molecule has 1 N–H and O–H groups in total. The molecule has 0 bridgehead atoms. The molecule has 2 rings (SSSR count). The lowest BCUT2D eigenvalue weighted by Gasteiger charge is -2.36. The number of carbonyl (C=O) groups is 1. The van der Waals surface area contributed by atoms with Crippen molar-refractivity contribution in [2.45, 2.75) is 38.6 Å². The highest BCUT2D eigenvalue weighted by atomic mass is 16.2. The Morgan fingerprint density at radius 3 is 2.79 bits per heavy atom. The van der Waals surface area contributed by atoms with E-state index in [4.69, 9.17) is 0 Å². The molecule has 1 aromatic heterocycles. The van der Waals surface area contributed by atoms with Crippen molar-refractivity contribution in [2.24, 2.45) is 5.92 Å². The van der Waals surface area contributed by atoms with Crippen LogP contribution in [0.4, 0.5) is 5.82 Å². The molecule has 1 aliphatic carbocycles. The lowest BCUT2D eigenvalue weighted by Crippen LogP contribution is -2.44. The second kappa shape index (κ2) is 5.99. The molecule has 0 spiro atoms. The largest absolute Gasteiger partial charge is 0.367 e. The van der Waals surface area contributed by atoms with Gasteiger partial charge in [0, 0.05) is 37.8 Å². The van der Waals surface area contributed by atoms with Gasteiger partial charge < -0.3 is 10.2 Å². The normalized spacial score (nSPS) is 21.6. The molecule has 1 heterocycles. The SMILES string of the molecule is CCCc1cc(NC2CC(C(=O)N(C)C)C2)ncn1. The second-order valence-corrected chi connectivity index (χ2v) is 5.39. The van der Waals surface area contributed by atoms with Crippen LogP contribution in [0.15, 0.2) is 12.4 Å². The molecule has 0 saturated heterocycles. The average molecular weight is 262 g/mol. The fourth-order valence-corrected chi connectivity index (χ4v) is 2.38. The third-order valence-electron chi connectivity index (χ3n) is 3.51. The minimum absolute atomic E-state index is 0.171. The maximum absolute atomic E-state index is 11.7. The number of hydrogen-bond acceptors (Lipinski definition) is 4. The number of carbonyl (C=O) groups excluding carboxylic acids is 1. The monoisotopic (exact) mass is 262 g/mol. The first-order valence-corrected chi connectivity index (χ1v) is 6.88. The second-order valence-electron chi connectivity index (χ2n) is 5.39. The Balaban J connectivity index is 1.84. The number of amides is 1. The van der Waals surface area contributed by atoms with Gasteiger partial charge in [-0.1, -0.05) is 13.3 Å². The van der Waals surface area contributed by atoms with E-state index in [2.05, 4.69) is 22.2 Å². The summed E-state index contributed by atoms with van der Waals surface area (Å²) < 4.78 is 0. The first kappa shape index (κ1) is 13.8. The van der Waals surface area contributed by atoms with E-state index in [1.807, 2.05) is 20.2 Å². The van der Waals surface area contributed by atoms with Gasteiger partial charge in [0.2, 0.25) is 5.91 Å². The zero-order valence-electron chi connectivity index (χ0n) is 11.9. The van der Waals surface area contributed by atoms with Gasteiger partial charge in [0.15, 0.2) is 0 Å². The topological polar surface area (TPSA) is 58.1 Å². The van der Waals surface area contributed by atoms with Gasteiger partial charge in [0.1, 0.15) is 12.1 Å². The van der Waals surface area contributed by atoms with Crippen LogP contribution in [0.2, 0.25) is 0 Å². The molecule has 0 aromatic carbocycles. The highest BCUT2D eigenvalue weighted by Gasteiger charge is 2.35. The predicted octanol–water partition coefficient (Wildman–Crippen LogP) is 1.71. The summed E-state index contributed by atoms with van der Waals surface area (Å²) in [6.07, 6.45) is 5.45. The maximum Gasteiger partial charge on any atom is 0.225 e. The standard InChI is InChI=1S/C14H22N4O/c1-4-5-11-8-13(16-9-15-11)17-12-6-10(7-12)14(19)18(2)3/h8-10,12H,4-7H2,1-3H3,(H,15,16,17). The number of nitrogens with one attached hydrogen (secondary N) is 1. The number of rotatable bonds is 5. The van der Waals surface area contributed by atoms with Gasteiger partial charge in [-0.3, -0.25) is 4.79 Å². The zero-order chi connectivity index (χ0) is 13.8. The summed E-state index contributed by atoms with van der Waals surface area (Å²) in [5.41, 5.74) is 1.07. The third-order valence-corrected chi connectivity index (χ3v) is 3.51. The van der Waals surface area contributed by atoms with E-state index in [1.54, 1.807) is 11.2 Å². The van der Waals surface area contributed by atoms with Crippen molar-refractivity contribution in [3.8, 4) is 0 Å². The molecule has 0 atom stereocenters. The molecule has 0 unspecified atom stereocenters. The molecular weight excluding hydrogens is 240 g/mol.